The molecule has 1 aromatic rings. The van der Waals surface area contributed by atoms with Crippen molar-refractivity contribution >= 4 is 11.5 Å². The number of hydrogen-bond donors (Lipinski definition) is 1. The Morgan fingerprint density at radius 2 is 2.00 bits per heavy atom. The predicted molar refractivity (Wildman–Crippen MR) is 61.7 cm³/mol. The Kier molecular flexibility index (Phi) is 3.94. The van der Waals surface area contributed by atoms with Crippen LogP contribution in [0.5, 0.6) is 0 Å². The molecule has 0 aliphatic carbocycles. The van der Waals surface area contributed by atoms with Gasteiger partial charge in [0.15, 0.2) is 11.5 Å². The highest BCUT2D eigenvalue weighted by molar-refractivity contribution is 5.93. The van der Waals surface area contributed by atoms with Crippen molar-refractivity contribution in [2.75, 3.05) is 0 Å². The molecule has 0 aliphatic rings. The fraction of sp³-hybridized carbons (Fsp3) is 0.250. The van der Waals surface area contributed by atoms with Gasteiger partial charge in [-0.1, -0.05) is 12.1 Å². The molecule has 0 aliphatic heterocycles. The molecule has 4 heteroatoms. The Morgan fingerprint density at radius 3 is 2.50 bits per heavy atom. The van der Waals surface area contributed by atoms with E-state index in [9.17, 15) is 9.90 Å². The molecule has 0 spiro atoms. The molecule has 0 bridgehead atoms. The summed E-state index contributed by atoms with van der Waals surface area (Å²) >= 11 is 0. The molecule has 0 heterocycles. The standard InChI is InChI=1S/C12H14N2O2/c1-8-5-4-6-11(7-8)13-14-12(9(2)15)10(3)16/h4-7,15H,1-3H3/b12-9-,14-13?. The van der Waals surface area contributed by atoms with E-state index in [-0.39, 0.29) is 17.2 Å². The molecule has 1 rings (SSSR count). The minimum Gasteiger partial charge on any atom is -0.510 e. The van der Waals surface area contributed by atoms with Gasteiger partial charge in [-0.15, -0.1) is 5.11 Å². The molecule has 4 nitrogen and oxygen atoms in total. The normalized spacial score (nSPS) is 12.7. The number of aryl methyl sites for hydroxylation is 1. The van der Waals surface area contributed by atoms with Crippen molar-refractivity contribution in [2.24, 2.45) is 10.2 Å². The van der Waals surface area contributed by atoms with Crippen molar-refractivity contribution in [2.45, 2.75) is 20.8 Å². The van der Waals surface area contributed by atoms with Gasteiger partial charge in [-0.3, -0.25) is 4.79 Å². The smallest absolute Gasteiger partial charge is 0.183 e. The molecule has 0 fully saturated rings. The number of allylic oxidation sites excluding steroid dienone is 2. The summed E-state index contributed by atoms with van der Waals surface area (Å²) in [5.41, 5.74) is 1.70. The average molecular weight is 218 g/mol. The highest BCUT2D eigenvalue weighted by atomic mass is 16.3. The summed E-state index contributed by atoms with van der Waals surface area (Å²) in [6.45, 7) is 4.69. The molecule has 0 aromatic heterocycles. The molecule has 1 aromatic carbocycles. The highest BCUT2D eigenvalue weighted by Gasteiger charge is 2.06. The number of Topliss-reactive ketones (excluding diaryl/α,β-unsaturated/α-hetero) is 1. The van der Waals surface area contributed by atoms with Crippen LogP contribution in [-0.4, -0.2) is 10.9 Å². The van der Waals surface area contributed by atoms with Gasteiger partial charge in [-0.2, -0.15) is 5.11 Å². The van der Waals surface area contributed by atoms with Gasteiger partial charge >= 0.3 is 0 Å². The monoisotopic (exact) mass is 218 g/mol. The van der Waals surface area contributed by atoms with Gasteiger partial charge in [0.2, 0.25) is 0 Å². The number of nitrogens with zero attached hydrogens (tertiary/aromatic N) is 2. The number of carbonyl (C=O) groups excluding carboxylic acids is 1. The number of aliphatic hydroxyl groups excluding tert-OH is 1. The lowest BCUT2D eigenvalue weighted by atomic mass is 10.2. The summed E-state index contributed by atoms with van der Waals surface area (Å²) in [6.07, 6.45) is 0. The first-order valence-electron chi connectivity index (χ1n) is 4.90. The molecule has 0 unspecified atom stereocenters. The highest BCUT2D eigenvalue weighted by Crippen LogP contribution is 2.16. The van der Waals surface area contributed by atoms with E-state index in [2.05, 4.69) is 10.2 Å². The quantitative estimate of drug-likeness (QED) is 0.479. The fourth-order valence-corrected chi connectivity index (χ4v) is 1.20. The molecule has 16 heavy (non-hydrogen) atoms. The van der Waals surface area contributed by atoms with Crippen molar-refractivity contribution < 1.29 is 9.90 Å². The molecule has 0 saturated carbocycles. The van der Waals surface area contributed by atoms with E-state index in [1.165, 1.54) is 13.8 Å². The number of aliphatic hydroxyl groups is 1. The van der Waals surface area contributed by atoms with Crippen LogP contribution in [0.2, 0.25) is 0 Å². The molecule has 0 saturated heterocycles. The van der Waals surface area contributed by atoms with Gasteiger partial charge in [-0.05, 0) is 31.5 Å². The van der Waals surface area contributed by atoms with E-state index in [1.807, 2.05) is 25.1 Å². The summed E-state index contributed by atoms with van der Waals surface area (Å²) in [5, 5.41) is 16.9. The zero-order chi connectivity index (χ0) is 12.1. The lowest BCUT2D eigenvalue weighted by Crippen LogP contribution is -1.96. The fourth-order valence-electron chi connectivity index (χ4n) is 1.20. The van der Waals surface area contributed by atoms with Gasteiger partial charge in [0, 0.05) is 6.92 Å². The van der Waals surface area contributed by atoms with Crippen LogP contribution >= 0.6 is 0 Å². The number of benzene rings is 1. The van der Waals surface area contributed by atoms with Crippen molar-refractivity contribution in [3.63, 3.8) is 0 Å². The minimum absolute atomic E-state index is 0.0125. The average Bonchev–Trinajstić information content (AvgIpc) is 2.16. The topological polar surface area (TPSA) is 62.0 Å². The summed E-state index contributed by atoms with van der Waals surface area (Å²) in [7, 11) is 0. The Hall–Kier alpha value is -1.97. The van der Waals surface area contributed by atoms with Gasteiger partial charge in [0.25, 0.3) is 0 Å². The third-order valence-corrected chi connectivity index (χ3v) is 1.94. The number of rotatable bonds is 3. The number of hydrogen-bond acceptors (Lipinski definition) is 4. The maximum Gasteiger partial charge on any atom is 0.183 e. The summed E-state index contributed by atoms with van der Waals surface area (Å²) in [5.74, 6) is -0.430. The predicted octanol–water partition coefficient (Wildman–Crippen LogP) is 3.46. The second-order valence-corrected chi connectivity index (χ2v) is 3.53. The maximum absolute atomic E-state index is 11.1. The van der Waals surface area contributed by atoms with Crippen LogP contribution in [0.25, 0.3) is 0 Å². The largest absolute Gasteiger partial charge is 0.510 e. The van der Waals surface area contributed by atoms with Crippen LogP contribution in [0, 0.1) is 6.92 Å². The molecule has 1 N–H and O–H groups in total. The zero-order valence-corrected chi connectivity index (χ0v) is 9.56. The van der Waals surface area contributed by atoms with Crippen LogP contribution in [0.1, 0.15) is 19.4 Å². The van der Waals surface area contributed by atoms with Crippen molar-refractivity contribution in [3.05, 3.63) is 41.3 Å². The van der Waals surface area contributed by atoms with E-state index in [1.54, 1.807) is 6.07 Å². The number of ketones is 1. The van der Waals surface area contributed by atoms with E-state index < -0.39 is 0 Å². The van der Waals surface area contributed by atoms with Crippen molar-refractivity contribution in [3.8, 4) is 0 Å². The minimum atomic E-state index is -0.309. The van der Waals surface area contributed by atoms with E-state index in [4.69, 9.17) is 0 Å². The first-order chi connectivity index (χ1) is 7.50. The first-order valence-corrected chi connectivity index (χ1v) is 4.90. The molecule has 0 amide bonds. The molecule has 0 radical (unpaired) electrons. The van der Waals surface area contributed by atoms with E-state index in [0.717, 1.165) is 5.56 Å². The number of carbonyl (C=O) groups is 1. The van der Waals surface area contributed by atoms with Crippen LogP contribution in [0.4, 0.5) is 5.69 Å². The Morgan fingerprint density at radius 1 is 1.31 bits per heavy atom. The van der Waals surface area contributed by atoms with Gasteiger partial charge in [-0.25, -0.2) is 0 Å². The SMILES string of the molecule is CC(=O)/C(N=Nc1cccc(C)c1)=C(\C)O. The van der Waals surface area contributed by atoms with Crippen LogP contribution < -0.4 is 0 Å². The summed E-state index contributed by atoms with van der Waals surface area (Å²) in [4.78, 5) is 11.1. The molecular formula is C12H14N2O2. The van der Waals surface area contributed by atoms with Crippen molar-refractivity contribution in [1.29, 1.82) is 0 Å². The second kappa shape index (κ2) is 5.21. The van der Waals surface area contributed by atoms with E-state index >= 15 is 0 Å². The summed E-state index contributed by atoms with van der Waals surface area (Å²) < 4.78 is 0. The van der Waals surface area contributed by atoms with Gasteiger partial charge in [0.05, 0.1) is 5.69 Å². The van der Waals surface area contributed by atoms with Crippen LogP contribution in [0.3, 0.4) is 0 Å². The third kappa shape index (κ3) is 3.31. The third-order valence-electron chi connectivity index (χ3n) is 1.94. The van der Waals surface area contributed by atoms with Crippen LogP contribution in [0.15, 0.2) is 46.0 Å². The van der Waals surface area contributed by atoms with Crippen molar-refractivity contribution in [1.82, 2.24) is 0 Å². The first kappa shape index (κ1) is 12.1. The maximum atomic E-state index is 11.1. The molecule has 0 atom stereocenters. The summed E-state index contributed by atoms with van der Waals surface area (Å²) in [6, 6.07) is 7.42. The van der Waals surface area contributed by atoms with E-state index in [0.29, 0.717) is 5.69 Å². The zero-order valence-electron chi connectivity index (χ0n) is 9.56. The lowest BCUT2D eigenvalue weighted by molar-refractivity contribution is -0.113. The Labute approximate surface area is 94.3 Å². The van der Waals surface area contributed by atoms with Gasteiger partial charge in [0.1, 0.15) is 5.76 Å². The second-order valence-electron chi connectivity index (χ2n) is 3.53. The lowest BCUT2D eigenvalue weighted by Gasteiger charge is -1.97. The van der Waals surface area contributed by atoms with Crippen LogP contribution in [-0.2, 0) is 4.79 Å². The Balaban J connectivity index is 2.96. The number of azo groups is 1. The Bertz CT molecular complexity index is 458. The van der Waals surface area contributed by atoms with Gasteiger partial charge < -0.3 is 5.11 Å². The molecular weight excluding hydrogens is 204 g/mol. The molecule has 84 valence electrons.